The highest BCUT2D eigenvalue weighted by atomic mass is 32.1. The van der Waals surface area contributed by atoms with Gasteiger partial charge >= 0.3 is 0 Å². The molecule has 0 bridgehead atoms. The second-order valence-electron chi connectivity index (χ2n) is 6.41. The highest BCUT2D eigenvalue weighted by Crippen LogP contribution is 2.41. The first kappa shape index (κ1) is 14.7. The van der Waals surface area contributed by atoms with Crippen molar-refractivity contribution in [2.24, 2.45) is 0 Å². The molecule has 1 aliphatic rings. The van der Waals surface area contributed by atoms with Crippen molar-refractivity contribution in [3.8, 4) is 0 Å². The van der Waals surface area contributed by atoms with Crippen molar-refractivity contribution < 1.29 is 0 Å². The molecule has 0 saturated carbocycles. The maximum Gasteiger partial charge on any atom is 0.226 e. The van der Waals surface area contributed by atoms with Crippen molar-refractivity contribution in [3.63, 3.8) is 0 Å². The number of aromatic amines is 1. The third-order valence-electron chi connectivity index (χ3n) is 4.87. The Morgan fingerprint density at radius 3 is 2.72 bits per heavy atom. The zero-order valence-corrected chi connectivity index (χ0v) is 14.8. The summed E-state index contributed by atoms with van der Waals surface area (Å²) in [5.41, 5.74) is 3.92. The van der Waals surface area contributed by atoms with E-state index in [1.165, 1.54) is 31.9 Å². The van der Waals surface area contributed by atoms with Crippen LogP contribution in [0.3, 0.4) is 0 Å². The first-order valence-corrected chi connectivity index (χ1v) is 9.32. The quantitative estimate of drug-likeness (QED) is 0.582. The Kier molecular flexibility index (Phi) is 3.35. The maximum absolute atomic E-state index is 4.52. The number of thiophene rings is 1. The molecule has 4 heterocycles. The van der Waals surface area contributed by atoms with Crippen LogP contribution in [-0.4, -0.2) is 21.5 Å². The number of aromatic nitrogens is 3. The number of para-hydroxylation sites is 1. The molecule has 4 aromatic rings. The van der Waals surface area contributed by atoms with E-state index >= 15 is 0 Å². The lowest BCUT2D eigenvalue weighted by Crippen LogP contribution is -2.36. The fourth-order valence-corrected chi connectivity index (χ4v) is 4.79. The van der Waals surface area contributed by atoms with Crippen LogP contribution in [0.25, 0.3) is 10.9 Å². The minimum Gasteiger partial charge on any atom is -0.356 e. The van der Waals surface area contributed by atoms with Crippen LogP contribution in [-0.2, 0) is 6.42 Å². The van der Waals surface area contributed by atoms with Crippen LogP contribution in [0, 0.1) is 6.92 Å². The largest absolute Gasteiger partial charge is 0.356 e. The predicted molar refractivity (Wildman–Crippen MR) is 102 cm³/mol. The van der Waals surface area contributed by atoms with E-state index in [1.54, 1.807) is 0 Å². The lowest BCUT2D eigenvalue weighted by Gasteiger charge is -2.35. The van der Waals surface area contributed by atoms with Gasteiger partial charge in [-0.2, -0.15) is 0 Å². The molecule has 4 nitrogen and oxygen atoms in total. The Bertz CT molecular complexity index is 1030. The first-order valence-electron chi connectivity index (χ1n) is 8.51. The van der Waals surface area contributed by atoms with Crippen molar-refractivity contribution in [3.05, 3.63) is 75.9 Å². The Morgan fingerprint density at radius 2 is 1.92 bits per heavy atom. The smallest absolute Gasteiger partial charge is 0.226 e. The summed E-state index contributed by atoms with van der Waals surface area (Å²) in [5, 5.41) is 1.34. The summed E-state index contributed by atoms with van der Waals surface area (Å²) in [4.78, 5) is 17.7. The monoisotopic (exact) mass is 346 g/mol. The molecule has 1 N–H and O–H groups in total. The van der Waals surface area contributed by atoms with Crippen molar-refractivity contribution >= 4 is 28.2 Å². The highest BCUT2D eigenvalue weighted by molar-refractivity contribution is 7.12. The molecule has 0 spiro atoms. The lowest BCUT2D eigenvalue weighted by atomic mass is 9.96. The summed E-state index contributed by atoms with van der Waals surface area (Å²) in [6.07, 6.45) is 4.64. The number of nitrogens with zero attached hydrogens (tertiary/aromatic N) is 3. The Hall–Kier alpha value is -2.66. The second-order valence-corrected chi connectivity index (χ2v) is 7.73. The van der Waals surface area contributed by atoms with Crippen LogP contribution in [0.15, 0.2) is 54.9 Å². The van der Waals surface area contributed by atoms with E-state index in [4.69, 9.17) is 0 Å². The fraction of sp³-hybridized carbons (Fsp3) is 0.200. The van der Waals surface area contributed by atoms with Gasteiger partial charge in [-0.1, -0.05) is 18.2 Å². The van der Waals surface area contributed by atoms with Gasteiger partial charge < -0.3 is 9.88 Å². The summed E-state index contributed by atoms with van der Waals surface area (Å²) in [7, 11) is 0. The summed E-state index contributed by atoms with van der Waals surface area (Å²) in [6.45, 7) is 3.08. The van der Waals surface area contributed by atoms with E-state index in [1.807, 2.05) is 29.8 Å². The summed E-state index contributed by atoms with van der Waals surface area (Å²) in [5.74, 6) is 0.794. The van der Waals surface area contributed by atoms with Crippen LogP contribution < -0.4 is 4.90 Å². The van der Waals surface area contributed by atoms with E-state index in [9.17, 15) is 0 Å². The third kappa shape index (κ3) is 2.35. The van der Waals surface area contributed by atoms with Crippen molar-refractivity contribution in [2.45, 2.75) is 19.4 Å². The number of benzene rings is 1. The zero-order valence-electron chi connectivity index (χ0n) is 13.9. The van der Waals surface area contributed by atoms with Crippen molar-refractivity contribution in [1.82, 2.24) is 15.0 Å². The van der Waals surface area contributed by atoms with Gasteiger partial charge in [0.15, 0.2) is 0 Å². The summed E-state index contributed by atoms with van der Waals surface area (Å²) < 4.78 is 0. The van der Waals surface area contributed by atoms with E-state index < -0.39 is 0 Å². The third-order valence-corrected chi connectivity index (χ3v) is 5.93. The number of H-pyrrole nitrogens is 1. The van der Waals surface area contributed by atoms with Gasteiger partial charge in [-0.25, -0.2) is 9.97 Å². The van der Waals surface area contributed by atoms with Gasteiger partial charge in [-0.15, -0.1) is 11.3 Å². The molecule has 25 heavy (non-hydrogen) atoms. The average molecular weight is 346 g/mol. The lowest BCUT2D eigenvalue weighted by molar-refractivity contribution is 0.633. The van der Waals surface area contributed by atoms with Gasteiger partial charge in [-0.05, 0) is 43.2 Å². The predicted octanol–water partition coefficient (Wildman–Crippen LogP) is 4.48. The minimum absolute atomic E-state index is 0.136. The standard InChI is InChI=1S/C20H18N4S/c1-13-7-8-17(25-13)19-18-15(14-5-2-3-6-16(14)23-18)9-12-24(19)20-21-10-4-11-22-20/h2-8,10-11,19,23H,9,12H2,1H3. The number of hydrogen-bond donors (Lipinski definition) is 1. The average Bonchev–Trinajstić information content (AvgIpc) is 3.25. The van der Waals surface area contributed by atoms with E-state index in [0.29, 0.717) is 0 Å². The van der Waals surface area contributed by atoms with E-state index in [0.717, 1.165) is 18.9 Å². The Balaban J connectivity index is 1.72. The van der Waals surface area contributed by atoms with Crippen LogP contribution in [0.5, 0.6) is 0 Å². The molecule has 0 radical (unpaired) electrons. The molecular weight excluding hydrogens is 328 g/mol. The summed E-state index contributed by atoms with van der Waals surface area (Å²) in [6, 6.07) is 15.0. The van der Waals surface area contributed by atoms with Gasteiger partial charge in [-0.3, -0.25) is 0 Å². The molecule has 0 amide bonds. The molecule has 0 aliphatic carbocycles. The van der Waals surface area contributed by atoms with Crippen LogP contribution >= 0.6 is 11.3 Å². The van der Waals surface area contributed by atoms with Crippen LogP contribution in [0.4, 0.5) is 5.95 Å². The van der Waals surface area contributed by atoms with Gasteiger partial charge in [0, 0.05) is 45.3 Å². The molecular formula is C20H18N4S. The zero-order chi connectivity index (χ0) is 16.8. The maximum atomic E-state index is 4.52. The SMILES string of the molecule is Cc1ccc(C2c3[nH]c4ccccc4c3CCN2c2ncccn2)s1. The molecule has 0 fully saturated rings. The Morgan fingerprint density at radius 1 is 1.08 bits per heavy atom. The first-order chi connectivity index (χ1) is 12.3. The highest BCUT2D eigenvalue weighted by Gasteiger charge is 2.33. The number of fused-ring (bicyclic) bond motifs is 3. The molecule has 1 atom stereocenters. The van der Waals surface area contributed by atoms with E-state index in [-0.39, 0.29) is 6.04 Å². The molecule has 124 valence electrons. The van der Waals surface area contributed by atoms with E-state index in [2.05, 4.69) is 63.2 Å². The van der Waals surface area contributed by atoms with Crippen LogP contribution in [0.1, 0.15) is 27.1 Å². The van der Waals surface area contributed by atoms with Crippen LogP contribution in [0.2, 0.25) is 0 Å². The van der Waals surface area contributed by atoms with Gasteiger partial charge in [0.2, 0.25) is 5.95 Å². The van der Waals surface area contributed by atoms with Crippen molar-refractivity contribution in [2.75, 3.05) is 11.4 Å². The molecule has 1 aromatic carbocycles. The van der Waals surface area contributed by atoms with Gasteiger partial charge in [0.05, 0.1) is 0 Å². The molecule has 5 heteroatoms. The summed E-state index contributed by atoms with van der Waals surface area (Å²) >= 11 is 1.85. The number of hydrogen-bond acceptors (Lipinski definition) is 4. The molecule has 5 rings (SSSR count). The molecule has 0 saturated heterocycles. The molecule has 1 unspecified atom stereocenters. The van der Waals surface area contributed by atoms with Gasteiger partial charge in [0.25, 0.3) is 0 Å². The molecule has 1 aliphatic heterocycles. The number of aryl methyl sites for hydroxylation is 1. The van der Waals surface area contributed by atoms with Gasteiger partial charge in [0.1, 0.15) is 6.04 Å². The number of rotatable bonds is 2. The normalized spacial score (nSPS) is 17.0. The number of nitrogens with one attached hydrogen (secondary N) is 1. The Labute approximate surface area is 150 Å². The fourth-order valence-electron chi connectivity index (χ4n) is 3.79. The second kappa shape index (κ2) is 5.70. The van der Waals surface area contributed by atoms with Crippen molar-refractivity contribution in [1.29, 1.82) is 0 Å². The molecule has 3 aromatic heterocycles. The minimum atomic E-state index is 0.136. The topological polar surface area (TPSA) is 44.8 Å². The number of anilines is 1.